The number of rotatable bonds is 4. The molecule has 4 heteroatoms. The van der Waals surface area contributed by atoms with E-state index < -0.39 is 0 Å². The number of amides is 1. The Morgan fingerprint density at radius 2 is 1.64 bits per heavy atom. The molecule has 1 aliphatic carbocycles. The van der Waals surface area contributed by atoms with Crippen molar-refractivity contribution in [1.29, 1.82) is 0 Å². The topological polar surface area (TPSA) is 26.8 Å². The van der Waals surface area contributed by atoms with Crippen LogP contribution in [0.1, 0.15) is 84.6 Å². The summed E-state index contributed by atoms with van der Waals surface area (Å²) in [5.41, 5.74) is 3.70. The van der Waals surface area contributed by atoms with Crippen molar-refractivity contribution < 1.29 is 4.79 Å². The molecule has 0 bridgehead atoms. The first kappa shape index (κ1) is 24.6. The maximum atomic E-state index is 12.9. The third-order valence-electron chi connectivity index (χ3n) is 8.65. The molecule has 2 heterocycles. The van der Waals surface area contributed by atoms with Gasteiger partial charge in [-0.1, -0.05) is 52.8 Å². The highest BCUT2D eigenvalue weighted by atomic mass is 16.2. The summed E-state index contributed by atoms with van der Waals surface area (Å²) in [4.78, 5) is 20.0. The monoisotopic (exact) mass is 453 g/mol. The van der Waals surface area contributed by atoms with E-state index in [9.17, 15) is 4.79 Å². The molecule has 2 saturated heterocycles. The van der Waals surface area contributed by atoms with E-state index in [1.165, 1.54) is 37.8 Å². The van der Waals surface area contributed by atoms with Gasteiger partial charge in [-0.15, -0.1) is 0 Å². The van der Waals surface area contributed by atoms with Gasteiger partial charge in [0.2, 0.25) is 5.91 Å². The Labute approximate surface area is 202 Å². The average molecular weight is 454 g/mol. The summed E-state index contributed by atoms with van der Waals surface area (Å²) >= 11 is 0. The molecular weight excluding hydrogens is 406 g/mol. The maximum absolute atomic E-state index is 12.9. The van der Waals surface area contributed by atoms with Gasteiger partial charge in [0.25, 0.3) is 0 Å². The van der Waals surface area contributed by atoms with Crippen LogP contribution in [-0.4, -0.2) is 61.5 Å². The molecule has 1 aromatic rings. The lowest BCUT2D eigenvalue weighted by Gasteiger charge is -2.41. The Kier molecular flexibility index (Phi) is 7.43. The summed E-state index contributed by atoms with van der Waals surface area (Å²) in [6.45, 7) is 18.2. The summed E-state index contributed by atoms with van der Waals surface area (Å²) in [5, 5.41) is 0. The molecule has 0 spiro atoms. The van der Waals surface area contributed by atoms with Gasteiger partial charge in [-0.2, -0.15) is 0 Å². The van der Waals surface area contributed by atoms with Crippen molar-refractivity contribution >= 4 is 11.6 Å². The second-order valence-corrected chi connectivity index (χ2v) is 12.8. The van der Waals surface area contributed by atoms with Gasteiger partial charge in [0.1, 0.15) is 0 Å². The minimum absolute atomic E-state index is 0.266. The Morgan fingerprint density at radius 1 is 0.970 bits per heavy atom. The second-order valence-electron chi connectivity index (χ2n) is 12.8. The Balaban J connectivity index is 1.32. The third-order valence-corrected chi connectivity index (χ3v) is 8.65. The molecule has 0 aromatic heterocycles. The molecule has 4 nitrogen and oxygen atoms in total. The van der Waals surface area contributed by atoms with Crippen LogP contribution in [0, 0.1) is 16.7 Å². The lowest BCUT2D eigenvalue weighted by Crippen LogP contribution is -2.52. The maximum Gasteiger partial charge on any atom is 0.236 e. The number of para-hydroxylation sites is 1. The number of likely N-dealkylation sites (tertiary alicyclic amines) is 1. The third kappa shape index (κ3) is 6.12. The van der Waals surface area contributed by atoms with Crippen molar-refractivity contribution in [3.05, 3.63) is 29.8 Å². The number of benzene rings is 1. The SMILES string of the molecule is CC1(C)CCCN(C(=O)CN2CCN(c3ccccc3C3CCC(C(C)(C)C)CC3)CC2)C1. The van der Waals surface area contributed by atoms with Gasteiger partial charge in [-0.3, -0.25) is 9.69 Å². The molecule has 0 atom stereocenters. The average Bonchev–Trinajstić information content (AvgIpc) is 2.78. The fourth-order valence-electron chi connectivity index (χ4n) is 6.47. The Bertz CT molecular complexity index is 795. The van der Waals surface area contributed by atoms with Crippen LogP contribution in [-0.2, 0) is 4.79 Å². The fraction of sp³-hybridized carbons (Fsp3) is 0.759. The number of carbonyl (C=O) groups is 1. The van der Waals surface area contributed by atoms with Crippen molar-refractivity contribution in [1.82, 2.24) is 9.80 Å². The number of hydrogen-bond donors (Lipinski definition) is 0. The van der Waals surface area contributed by atoms with Gasteiger partial charge in [0.05, 0.1) is 6.54 Å². The van der Waals surface area contributed by atoms with E-state index in [-0.39, 0.29) is 5.41 Å². The second kappa shape index (κ2) is 9.98. The van der Waals surface area contributed by atoms with Crippen LogP contribution in [0.2, 0.25) is 0 Å². The molecule has 0 unspecified atom stereocenters. The molecule has 0 N–H and O–H groups in total. The number of piperidine rings is 1. The van der Waals surface area contributed by atoms with Crippen LogP contribution in [0.4, 0.5) is 5.69 Å². The van der Waals surface area contributed by atoms with Crippen molar-refractivity contribution in [2.45, 2.75) is 79.1 Å². The van der Waals surface area contributed by atoms with E-state index in [2.05, 4.69) is 73.6 Å². The number of carbonyl (C=O) groups excluding carboxylic acids is 1. The van der Waals surface area contributed by atoms with Crippen molar-refractivity contribution in [3.8, 4) is 0 Å². The fourth-order valence-corrected chi connectivity index (χ4v) is 6.47. The standard InChI is InChI=1S/C29H47N3O/c1-28(2,3)24-13-11-23(12-14-24)25-9-6-7-10-26(25)31-19-17-30(18-20-31)21-27(33)32-16-8-15-29(4,5)22-32/h6-7,9-10,23-24H,8,11-22H2,1-5H3. The molecule has 2 aliphatic heterocycles. The highest BCUT2D eigenvalue weighted by Gasteiger charge is 2.33. The number of piperazine rings is 1. The van der Waals surface area contributed by atoms with Crippen LogP contribution >= 0.6 is 0 Å². The van der Waals surface area contributed by atoms with Gasteiger partial charge in [0.15, 0.2) is 0 Å². The van der Waals surface area contributed by atoms with Crippen LogP contribution in [0.25, 0.3) is 0 Å². The first-order valence-corrected chi connectivity index (χ1v) is 13.5. The normalized spacial score (nSPS) is 26.9. The van der Waals surface area contributed by atoms with E-state index in [1.54, 1.807) is 5.56 Å². The van der Waals surface area contributed by atoms with Crippen molar-refractivity contribution in [2.24, 2.45) is 16.7 Å². The molecular formula is C29H47N3O. The summed E-state index contributed by atoms with van der Waals surface area (Å²) in [6.07, 6.45) is 7.71. The molecule has 4 rings (SSSR count). The quantitative estimate of drug-likeness (QED) is 0.578. The summed E-state index contributed by atoms with van der Waals surface area (Å²) in [5.74, 6) is 1.88. The molecule has 184 valence electrons. The van der Waals surface area contributed by atoms with Crippen molar-refractivity contribution in [2.75, 3.05) is 50.7 Å². The highest BCUT2D eigenvalue weighted by molar-refractivity contribution is 5.78. The van der Waals surface area contributed by atoms with Gasteiger partial charge < -0.3 is 9.80 Å². The molecule has 1 saturated carbocycles. The Morgan fingerprint density at radius 3 is 2.27 bits per heavy atom. The highest BCUT2D eigenvalue weighted by Crippen LogP contribution is 2.45. The van der Waals surface area contributed by atoms with Crippen LogP contribution < -0.4 is 4.90 Å². The molecule has 1 aromatic carbocycles. The van der Waals surface area contributed by atoms with Crippen LogP contribution in [0.3, 0.4) is 0 Å². The van der Waals surface area contributed by atoms with Crippen molar-refractivity contribution in [3.63, 3.8) is 0 Å². The lowest BCUT2D eigenvalue weighted by molar-refractivity contribution is -0.135. The molecule has 0 radical (unpaired) electrons. The molecule has 3 fully saturated rings. The number of nitrogens with zero attached hydrogens (tertiary/aromatic N) is 3. The number of anilines is 1. The predicted octanol–water partition coefficient (Wildman–Crippen LogP) is 5.78. The lowest BCUT2D eigenvalue weighted by atomic mass is 9.68. The smallest absolute Gasteiger partial charge is 0.236 e. The minimum atomic E-state index is 0.266. The summed E-state index contributed by atoms with van der Waals surface area (Å²) in [6, 6.07) is 9.14. The first-order chi connectivity index (χ1) is 15.6. The Hall–Kier alpha value is -1.55. The van der Waals surface area contributed by atoms with Crippen LogP contribution in [0.5, 0.6) is 0 Å². The van der Waals surface area contributed by atoms with E-state index in [0.29, 0.717) is 23.8 Å². The van der Waals surface area contributed by atoms with E-state index in [1.807, 2.05) is 0 Å². The first-order valence-electron chi connectivity index (χ1n) is 13.5. The zero-order valence-corrected chi connectivity index (χ0v) is 21.9. The van der Waals surface area contributed by atoms with Gasteiger partial charge in [-0.05, 0) is 72.8 Å². The summed E-state index contributed by atoms with van der Waals surface area (Å²) < 4.78 is 0. The predicted molar refractivity (Wildman–Crippen MR) is 139 cm³/mol. The molecule has 1 amide bonds. The van der Waals surface area contributed by atoms with Crippen LogP contribution in [0.15, 0.2) is 24.3 Å². The van der Waals surface area contributed by atoms with Gasteiger partial charge in [-0.25, -0.2) is 0 Å². The zero-order valence-electron chi connectivity index (χ0n) is 21.9. The van der Waals surface area contributed by atoms with E-state index >= 15 is 0 Å². The molecule has 3 aliphatic rings. The largest absolute Gasteiger partial charge is 0.369 e. The van der Waals surface area contributed by atoms with Gasteiger partial charge in [0, 0.05) is 45.0 Å². The summed E-state index contributed by atoms with van der Waals surface area (Å²) in [7, 11) is 0. The minimum Gasteiger partial charge on any atom is -0.369 e. The van der Waals surface area contributed by atoms with E-state index in [4.69, 9.17) is 0 Å². The van der Waals surface area contributed by atoms with E-state index in [0.717, 1.165) is 51.6 Å². The van der Waals surface area contributed by atoms with Gasteiger partial charge >= 0.3 is 0 Å². The number of hydrogen-bond acceptors (Lipinski definition) is 3. The zero-order chi connectivity index (χ0) is 23.6. The molecule has 33 heavy (non-hydrogen) atoms.